The number of aromatic nitrogens is 1. The second kappa shape index (κ2) is 17.8. The number of fused-ring (bicyclic) bond motifs is 2. The molecule has 4 rings (SSSR count). The molecule has 1 aromatic carbocycles. The zero-order valence-electron chi connectivity index (χ0n) is 28.0. The molecule has 47 heavy (non-hydrogen) atoms. The summed E-state index contributed by atoms with van der Waals surface area (Å²) >= 11 is 0. The van der Waals surface area contributed by atoms with Crippen LogP contribution in [-0.4, -0.2) is 94.5 Å². The Morgan fingerprint density at radius 3 is 2.40 bits per heavy atom. The van der Waals surface area contributed by atoms with E-state index in [1.807, 2.05) is 26.0 Å². The first-order valence-electron chi connectivity index (χ1n) is 17.1. The highest BCUT2D eigenvalue weighted by molar-refractivity contribution is 6.00. The van der Waals surface area contributed by atoms with Crippen LogP contribution in [0.2, 0.25) is 0 Å². The molecule has 3 N–H and O–H groups in total. The predicted octanol–water partition coefficient (Wildman–Crippen LogP) is 3.50. The van der Waals surface area contributed by atoms with Gasteiger partial charge < -0.3 is 30.3 Å². The number of benzene rings is 1. The normalized spacial score (nSPS) is 24.6. The first-order chi connectivity index (χ1) is 22.7. The molecule has 0 radical (unpaired) electrons. The number of amides is 4. The van der Waals surface area contributed by atoms with Gasteiger partial charge in [-0.15, -0.1) is 0 Å². The Morgan fingerprint density at radius 2 is 1.68 bits per heavy atom. The molecule has 2 aromatic rings. The maximum Gasteiger partial charge on any atom is 0.255 e. The summed E-state index contributed by atoms with van der Waals surface area (Å²) in [5.41, 5.74) is 1.14. The molecular formula is C36H51N5O6. The second-order valence-corrected chi connectivity index (χ2v) is 13.2. The van der Waals surface area contributed by atoms with Gasteiger partial charge in [-0.25, -0.2) is 0 Å². The van der Waals surface area contributed by atoms with Gasteiger partial charge in [0.15, 0.2) is 0 Å². The van der Waals surface area contributed by atoms with Crippen molar-refractivity contribution in [2.75, 3.05) is 26.7 Å². The summed E-state index contributed by atoms with van der Waals surface area (Å²) in [7, 11) is 1.57. The zero-order valence-corrected chi connectivity index (χ0v) is 28.0. The SMILES string of the molecule is CC(C)C[C@H]1NC(=O)c2ccccc2OCCCCCCCCCNC(=O)[C@H](Cc2cccnc2)N(C)C(=O)[C@H]2C[C@H](O)CN2C1=O. The number of hydrogen-bond acceptors (Lipinski definition) is 7. The number of rotatable bonds is 4. The number of carbonyl (C=O) groups excluding carboxylic acids is 4. The lowest BCUT2D eigenvalue weighted by Crippen LogP contribution is -2.57. The first kappa shape index (κ1) is 35.9. The van der Waals surface area contributed by atoms with E-state index in [1.165, 1.54) is 9.80 Å². The number of aliphatic hydroxyl groups excluding tert-OH is 1. The Balaban J connectivity index is 1.62. The third-order valence-corrected chi connectivity index (χ3v) is 8.94. The van der Waals surface area contributed by atoms with Gasteiger partial charge in [0, 0.05) is 45.4 Å². The van der Waals surface area contributed by atoms with Crippen molar-refractivity contribution < 1.29 is 29.0 Å². The maximum absolute atomic E-state index is 14.1. The van der Waals surface area contributed by atoms with Crippen LogP contribution in [0, 0.1) is 5.92 Å². The van der Waals surface area contributed by atoms with Crippen LogP contribution in [-0.2, 0) is 20.8 Å². The van der Waals surface area contributed by atoms with E-state index in [2.05, 4.69) is 15.6 Å². The van der Waals surface area contributed by atoms with Gasteiger partial charge in [-0.05, 0) is 48.9 Å². The molecular weight excluding hydrogens is 598 g/mol. The molecule has 3 heterocycles. The highest BCUT2D eigenvalue weighted by Gasteiger charge is 2.44. The first-order valence-corrected chi connectivity index (χ1v) is 17.1. The molecule has 2 aliphatic heterocycles. The van der Waals surface area contributed by atoms with Gasteiger partial charge in [0.2, 0.25) is 17.7 Å². The minimum Gasteiger partial charge on any atom is -0.493 e. The molecule has 1 saturated heterocycles. The summed E-state index contributed by atoms with van der Waals surface area (Å²) in [4.78, 5) is 62.4. The van der Waals surface area contributed by atoms with E-state index in [0.29, 0.717) is 30.9 Å². The van der Waals surface area contributed by atoms with Crippen molar-refractivity contribution in [1.82, 2.24) is 25.4 Å². The van der Waals surface area contributed by atoms with E-state index < -0.39 is 42.0 Å². The van der Waals surface area contributed by atoms with Crippen molar-refractivity contribution in [3.63, 3.8) is 0 Å². The monoisotopic (exact) mass is 649 g/mol. The van der Waals surface area contributed by atoms with Crippen molar-refractivity contribution in [3.8, 4) is 5.75 Å². The highest BCUT2D eigenvalue weighted by Crippen LogP contribution is 2.25. The van der Waals surface area contributed by atoms with Crippen LogP contribution < -0.4 is 15.4 Å². The fourth-order valence-corrected chi connectivity index (χ4v) is 6.36. The van der Waals surface area contributed by atoms with Crippen molar-refractivity contribution >= 4 is 23.6 Å². The Kier molecular flexibility index (Phi) is 13.6. The number of ether oxygens (including phenoxy) is 1. The van der Waals surface area contributed by atoms with Crippen molar-refractivity contribution in [2.24, 2.45) is 5.92 Å². The van der Waals surface area contributed by atoms with Gasteiger partial charge in [-0.3, -0.25) is 24.2 Å². The van der Waals surface area contributed by atoms with Crippen LogP contribution in [0.15, 0.2) is 48.8 Å². The largest absolute Gasteiger partial charge is 0.493 e. The van der Waals surface area contributed by atoms with Crippen LogP contribution in [0.1, 0.15) is 87.6 Å². The zero-order chi connectivity index (χ0) is 33.8. The van der Waals surface area contributed by atoms with Gasteiger partial charge >= 0.3 is 0 Å². The average Bonchev–Trinajstić information content (AvgIpc) is 3.46. The summed E-state index contributed by atoms with van der Waals surface area (Å²) in [5, 5.41) is 16.6. The van der Waals surface area contributed by atoms with Crippen LogP contribution in [0.5, 0.6) is 5.75 Å². The smallest absolute Gasteiger partial charge is 0.255 e. The average molecular weight is 650 g/mol. The molecule has 0 spiro atoms. The molecule has 4 amide bonds. The molecule has 4 atom stereocenters. The van der Waals surface area contributed by atoms with Gasteiger partial charge in [0.25, 0.3) is 5.91 Å². The fourth-order valence-electron chi connectivity index (χ4n) is 6.36. The number of nitrogens with one attached hydrogen (secondary N) is 2. The minimum atomic E-state index is -0.990. The van der Waals surface area contributed by atoms with Crippen LogP contribution in [0.4, 0.5) is 0 Å². The van der Waals surface area contributed by atoms with Gasteiger partial charge in [-0.2, -0.15) is 0 Å². The van der Waals surface area contributed by atoms with Crippen LogP contribution >= 0.6 is 0 Å². The number of pyridine rings is 1. The highest BCUT2D eigenvalue weighted by atomic mass is 16.5. The minimum absolute atomic E-state index is 0.0369. The van der Waals surface area contributed by atoms with E-state index >= 15 is 0 Å². The summed E-state index contributed by atoms with van der Waals surface area (Å²) in [6, 6.07) is 7.89. The molecule has 256 valence electrons. The predicted molar refractivity (Wildman–Crippen MR) is 179 cm³/mol. The van der Waals surface area contributed by atoms with E-state index in [-0.39, 0.29) is 31.2 Å². The van der Waals surface area contributed by atoms with Crippen LogP contribution in [0.3, 0.4) is 0 Å². The lowest BCUT2D eigenvalue weighted by molar-refractivity contribution is -0.147. The molecule has 0 unspecified atom stereocenters. The number of likely N-dealkylation sites (N-methyl/N-ethyl adjacent to an activating group) is 1. The fraction of sp³-hybridized carbons (Fsp3) is 0.583. The Labute approximate surface area is 278 Å². The van der Waals surface area contributed by atoms with E-state index in [1.54, 1.807) is 43.7 Å². The van der Waals surface area contributed by atoms with E-state index in [4.69, 9.17) is 4.74 Å². The molecule has 1 fully saturated rings. The molecule has 0 bridgehead atoms. The number of para-hydroxylation sites is 1. The molecule has 11 nitrogen and oxygen atoms in total. The van der Waals surface area contributed by atoms with Crippen molar-refractivity contribution in [2.45, 2.75) is 102 Å². The van der Waals surface area contributed by atoms with Gasteiger partial charge in [0.1, 0.15) is 23.9 Å². The summed E-state index contributed by atoms with van der Waals surface area (Å²) in [6.45, 7) is 4.84. The van der Waals surface area contributed by atoms with Crippen molar-refractivity contribution in [1.29, 1.82) is 0 Å². The Morgan fingerprint density at radius 1 is 0.957 bits per heavy atom. The maximum atomic E-state index is 14.1. The summed E-state index contributed by atoms with van der Waals surface area (Å²) < 4.78 is 6.02. The number of aliphatic hydroxyl groups is 1. The third-order valence-electron chi connectivity index (χ3n) is 8.94. The van der Waals surface area contributed by atoms with Crippen molar-refractivity contribution in [3.05, 3.63) is 59.9 Å². The summed E-state index contributed by atoms with van der Waals surface area (Å²) in [6.07, 6.45) is 9.93. The third kappa shape index (κ3) is 10.2. The lowest BCUT2D eigenvalue weighted by atomic mass is 10.0. The molecule has 11 heteroatoms. The number of nitrogens with zero attached hydrogens (tertiary/aromatic N) is 3. The Hall–Kier alpha value is -3.99. The summed E-state index contributed by atoms with van der Waals surface area (Å²) in [5.74, 6) is -1.09. The van der Waals surface area contributed by atoms with Gasteiger partial charge in [0.05, 0.1) is 18.3 Å². The number of carbonyl (C=O) groups is 4. The van der Waals surface area contributed by atoms with Gasteiger partial charge in [-0.1, -0.05) is 64.2 Å². The number of hydrogen-bond donors (Lipinski definition) is 3. The lowest BCUT2D eigenvalue weighted by Gasteiger charge is -2.34. The van der Waals surface area contributed by atoms with E-state index in [0.717, 1.165) is 50.5 Å². The topological polar surface area (TPSA) is 141 Å². The standard InChI is InChI=1S/C36H51N5O6/c1-25(2)20-29-35(45)41-24-27(42)22-31(41)36(46)40(3)30(21-26-14-13-17-37-23-26)34(44)38-18-11-7-5-4-6-8-12-19-47-32-16-10-9-15-28(32)33(43)39-29/h9-10,13-17,23,25,27,29-31,42H,4-8,11-12,18-22,24H2,1-3H3,(H,38,44)(H,39,43)/t27-,29+,30-,31+/m0/s1. The van der Waals surface area contributed by atoms with E-state index in [9.17, 15) is 24.3 Å². The molecule has 0 aliphatic carbocycles. The van der Waals surface area contributed by atoms with Crippen LogP contribution in [0.25, 0.3) is 0 Å². The Bertz CT molecular complexity index is 1340. The second-order valence-electron chi connectivity index (χ2n) is 13.2. The molecule has 1 aromatic heterocycles. The quantitative estimate of drug-likeness (QED) is 0.461. The molecule has 0 saturated carbocycles. The molecule has 2 aliphatic rings.